The van der Waals surface area contributed by atoms with Crippen molar-refractivity contribution < 1.29 is 29.0 Å². The van der Waals surface area contributed by atoms with Crippen molar-refractivity contribution in [1.29, 1.82) is 0 Å². The Morgan fingerprint density at radius 3 is 2.45 bits per heavy atom. The number of thiazole rings is 1. The fourth-order valence-electron chi connectivity index (χ4n) is 13.2. The lowest BCUT2D eigenvalue weighted by Gasteiger charge is -2.36. The van der Waals surface area contributed by atoms with Crippen LogP contribution < -0.4 is 35.0 Å². The average Bonchev–Trinajstić information content (AvgIpc) is 3.80. The predicted octanol–water partition coefficient (Wildman–Crippen LogP) is 7.53. The van der Waals surface area contributed by atoms with Crippen molar-refractivity contribution in [3.63, 3.8) is 0 Å². The van der Waals surface area contributed by atoms with Gasteiger partial charge in [0.1, 0.15) is 36.2 Å². The molecule has 6 aliphatic rings. The average molecular weight is 1120 g/mol. The maximum absolute atomic E-state index is 14.3. The fourth-order valence-corrected chi connectivity index (χ4v) is 14.3. The van der Waals surface area contributed by atoms with Crippen LogP contribution in [-0.2, 0) is 43.3 Å². The van der Waals surface area contributed by atoms with Crippen molar-refractivity contribution in [3.8, 4) is 11.5 Å². The molecule has 0 atom stereocenters. The van der Waals surface area contributed by atoms with Gasteiger partial charge < -0.3 is 29.9 Å². The monoisotopic (exact) mass is 1110 g/mol. The van der Waals surface area contributed by atoms with Crippen LogP contribution in [0.15, 0.2) is 60.8 Å². The standard InChI is InChI=1S/C63H68ClN9O6S/c1-4-70(56(75)37-69-26-28-71(29-27-69)54-33-43(67-39(3)68-54)34-55-66-36-53(80-55)52(74)35-47-38(2)12-9-17-51(47)64)25-20-65-62(76)42-18-19-44(63(77)78)48(32-42)57-49-30-40-13-5-7-21-72-23-10-15-45(58(40)72)60(49)79-61-46-16-11-24-73-22-8-6-14-41(59(46)73)31-50(57)61/h9,12,17-19,30-33,36H,4-8,10-11,13-16,20-29,34-35,37H2,1-3H3,(H-,65,76,77,78)/p+1. The van der Waals surface area contributed by atoms with Crippen molar-refractivity contribution in [1.82, 2.24) is 34.6 Å². The number of ether oxygens (including phenoxy) is 1. The number of piperazine rings is 1. The van der Waals surface area contributed by atoms with Crippen LogP contribution in [0.5, 0.6) is 11.5 Å². The molecule has 0 bridgehead atoms. The normalized spacial score (nSPS) is 16.6. The van der Waals surface area contributed by atoms with Gasteiger partial charge in [0.25, 0.3) is 5.91 Å². The Morgan fingerprint density at radius 2 is 1.62 bits per heavy atom. The number of carboxylic acids is 1. The molecule has 2 N–H and O–H groups in total. The molecule has 414 valence electrons. The minimum atomic E-state index is -1.05. The van der Waals surface area contributed by atoms with E-state index in [1.807, 2.05) is 45.0 Å². The lowest BCUT2D eigenvalue weighted by Crippen LogP contribution is -2.51. The Bertz CT molecular complexity index is 3610. The summed E-state index contributed by atoms with van der Waals surface area (Å²) in [5.74, 6) is 1.73. The first-order valence-corrected chi connectivity index (χ1v) is 30.0. The van der Waals surface area contributed by atoms with Gasteiger partial charge in [-0.1, -0.05) is 23.7 Å². The number of aromatic carboxylic acids is 1. The van der Waals surface area contributed by atoms with E-state index in [4.69, 9.17) is 26.3 Å². The molecule has 15 nitrogen and oxygen atoms in total. The molecule has 12 rings (SSSR count). The number of carboxylic acid groups (broad SMARTS) is 1. The van der Waals surface area contributed by atoms with Gasteiger partial charge in [-0.2, -0.15) is 0 Å². The Labute approximate surface area is 476 Å². The Balaban J connectivity index is 0.726. The number of rotatable bonds is 15. The number of anilines is 2. The van der Waals surface area contributed by atoms with E-state index < -0.39 is 5.97 Å². The third-order valence-electron chi connectivity index (χ3n) is 17.2. The van der Waals surface area contributed by atoms with Gasteiger partial charge in [0.15, 0.2) is 5.78 Å². The molecular formula is C63H69ClN9O6S+. The Morgan fingerprint density at radius 1 is 0.825 bits per heavy atom. The van der Waals surface area contributed by atoms with Crippen LogP contribution in [0.2, 0.25) is 5.02 Å². The Kier molecular flexibility index (Phi) is 15.3. The van der Waals surface area contributed by atoms with Crippen molar-refractivity contribution in [2.24, 2.45) is 0 Å². The topological polar surface area (TPSA) is 164 Å². The lowest BCUT2D eigenvalue weighted by atomic mass is 9.82. The number of fused-ring (bicyclic) bond motifs is 4. The number of nitrogens with one attached hydrogen (secondary N) is 1. The predicted molar refractivity (Wildman–Crippen MR) is 312 cm³/mol. The number of aryl methyl sites for hydroxylation is 4. The molecular weight excluding hydrogens is 1050 g/mol. The van der Waals surface area contributed by atoms with Crippen molar-refractivity contribution in [3.05, 3.63) is 153 Å². The summed E-state index contributed by atoms with van der Waals surface area (Å²) in [7, 11) is 0. The summed E-state index contributed by atoms with van der Waals surface area (Å²) in [4.78, 5) is 78.1. The first-order valence-electron chi connectivity index (χ1n) is 28.8. The van der Waals surface area contributed by atoms with Gasteiger partial charge in [0.05, 0.1) is 33.3 Å². The van der Waals surface area contributed by atoms with Gasteiger partial charge in [-0.15, -0.1) is 11.3 Å². The third-order valence-corrected chi connectivity index (χ3v) is 18.5. The molecule has 1 fully saturated rings. The smallest absolute Gasteiger partial charge is 0.336 e. The molecule has 0 unspecified atom stereocenters. The lowest BCUT2D eigenvalue weighted by molar-refractivity contribution is -0.132. The van der Waals surface area contributed by atoms with Crippen molar-refractivity contribution >= 4 is 63.6 Å². The van der Waals surface area contributed by atoms with Gasteiger partial charge in [-0.25, -0.2) is 24.3 Å². The van der Waals surface area contributed by atoms with Crippen LogP contribution in [-0.4, -0.2) is 132 Å². The molecule has 8 heterocycles. The van der Waals surface area contributed by atoms with Crippen molar-refractivity contribution in [2.75, 3.05) is 88.3 Å². The highest BCUT2D eigenvalue weighted by molar-refractivity contribution is 7.13. The highest BCUT2D eigenvalue weighted by Crippen LogP contribution is 2.49. The summed E-state index contributed by atoms with van der Waals surface area (Å²) in [6.07, 6.45) is 12.5. The number of ketones is 1. The minimum Gasteiger partial charge on any atom is -0.478 e. The second-order valence-corrected chi connectivity index (χ2v) is 23.8. The number of nitrogens with zero attached hydrogens (tertiary/aromatic N) is 8. The summed E-state index contributed by atoms with van der Waals surface area (Å²) in [5, 5.41) is 17.6. The molecule has 0 saturated carbocycles. The summed E-state index contributed by atoms with van der Waals surface area (Å²) in [6.45, 7) is 13.9. The maximum Gasteiger partial charge on any atom is 0.336 e. The molecule has 80 heavy (non-hydrogen) atoms. The number of halogens is 1. The molecule has 0 aliphatic carbocycles. The zero-order chi connectivity index (χ0) is 55.2. The molecule has 0 spiro atoms. The van der Waals surface area contributed by atoms with Gasteiger partial charge in [0.2, 0.25) is 11.3 Å². The second-order valence-electron chi connectivity index (χ2n) is 22.3. The van der Waals surface area contributed by atoms with E-state index in [0.717, 1.165) is 146 Å². The second kappa shape index (κ2) is 22.9. The van der Waals surface area contributed by atoms with Crippen LogP contribution in [0.4, 0.5) is 11.5 Å². The minimum absolute atomic E-state index is 0.0138. The number of carbonyl (C=O) groups is 4. The van der Waals surface area contributed by atoms with E-state index >= 15 is 0 Å². The molecule has 1 saturated heterocycles. The highest BCUT2D eigenvalue weighted by Gasteiger charge is 2.36. The summed E-state index contributed by atoms with van der Waals surface area (Å²) >= 11 is 7.80. The third kappa shape index (κ3) is 10.6. The quantitative estimate of drug-likeness (QED) is 0.0768. The van der Waals surface area contributed by atoms with Gasteiger partial charge in [-0.05, 0) is 131 Å². The molecule has 4 aromatic carbocycles. The van der Waals surface area contributed by atoms with Crippen LogP contribution in [0, 0.1) is 13.8 Å². The van der Waals surface area contributed by atoms with E-state index in [2.05, 4.69) is 41.7 Å². The summed E-state index contributed by atoms with van der Waals surface area (Å²) < 4.78 is 9.84. The molecule has 0 radical (unpaired) electrons. The highest BCUT2D eigenvalue weighted by atomic mass is 35.5. The fraction of sp³-hybridized carbons (Fsp3) is 0.429. The van der Waals surface area contributed by atoms with E-state index in [1.165, 1.54) is 44.6 Å². The molecule has 2 amide bonds. The summed E-state index contributed by atoms with van der Waals surface area (Å²) in [5.41, 5.74) is 11.7. The van der Waals surface area contributed by atoms with Crippen LogP contribution in [0.1, 0.15) is 137 Å². The largest absolute Gasteiger partial charge is 0.478 e. The van der Waals surface area contributed by atoms with E-state index in [0.29, 0.717) is 72.5 Å². The van der Waals surface area contributed by atoms with E-state index in [-0.39, 0.29) is 42.7 Å². The molecule has 2 aromatic heterocycles. The first-order chi connectivity index (χ1) is 38.9. The van der Waals surface area contributed by atoms with Gasteiger partial charge in [0, 0.05) is 141 Å². The molecule has 6 aliphatic heterocycles. The maximum atomic E-state index is 14.3. The first kappa shape index (κ1) is 53.6. The number of hydrogen-bond acceptors (Lipinski definition) is 12. The Hall–Kier alpha value is -7.01. The summed E-state index contributed by atoms with van der Waals surface area (Å²) in [6, 6.07) is 17.2. The number of benzene rings is 4. The van der Waals surface area contributed by atoms with Crippen LogP contribution >= 0.6 is 22.9 Å². The molecule has 17 heteroatoms. The SMILES string of the molecule is CCN(CCNC(=O)c1ccc(C(=O)O)c(C2=c3cc4c5c(c3Oc3c2cc2c6c3CCCN6CCCC2)CCC[N+]=5CCCC4)c1)C(=O)CN1CCN(c2cc(Cc3ncc(C(=O)Cc4c(C)cccc4Cl)s3)nc(C)n2)CC1. The van der Waals surface area contributed by atoms with Gasteiger partial charge >= 0.3 is 5.97 Å². The zero-order valence-electron chi connectivity index (χ0n) is 46.1. The van der Waals surface area contributed by atoms with Gasteiger partial charge in [-0.3, -0.25) is 19.3 Å². The number of aromatic nitrogens is 3. The van der Waals surface area contributed by atoms with E-state index in [1.54, 1.807) is 29.3 Å². The van der Waals surface area contributed by atoms with E-state index in [9.17, 15) is 24.3 Å². The van der Waals surface area contributed by atoms with Crippen LogP contribution in [0.3, 0.4) is 0 Å². The van der Waals surface area contributed by atoms with Crippen molar-refractivity contribution in [2.45, 2.75) is 97.8 Å². The molecule has 6 aromatic rings. The van der Waals surface area contributed by atoms with Crippen LogP contribution in [0.25, 0.3) is 5.57 Å². The number of hydrogen-bond donors (Lipinski definition) is 2. The number of amides is 2. The number of likely N-dealkylation sites (N-methyl/N-ethyl adjacent to an activating group) is 1. The number of Topliss-reactive ketones (excluding diaryl/α,β-unsaturated/α-hetero) is 1. The number of carbonyl (C=O) groups excluding carboxylic acids is 3. The zero-order valence-corrected chi connectivity index (χ0v) is 47.7.